The first-order chi connectivity index (χ1) is 9.62. The number of carbonyl (C=O) groups excluding carboxylic acids is 1. The zero-order chi connectivity index (χ0) is 15.0. The van der Waals surface area contributed by atoms with Crippen LogP contribution in [0.4, 0.5) is 0 Å². The molecule has 0 fully saturated rings. The zero-order valence-electron chi connectivity index (χ0n) is 11.6. The van der Waals surface area contributed by atoms with Crippen molar-refractivity contribution in [3.63, 3.8) is 0 Å². The first-order valence-electron chi connectivity index (χ1n) is 6.41. The minimum atomic E-state index is -0.421. The average Bonchev–Trinajstić information content (AvgIpc) is 2.41. The number of halogens is 2. The van der Waals surface area contributed by atoms with Crippen molar-refractivity contribution in [1.82, 2.24) is 0 Å². The van der Waals surface area contributed by atoms with Gasteiger partial charge in [-0.3, -0.25) is 0 Å². The number of carbonyl (C=O) groups is 1. The number of aryl methyl sites for hydroxylation is 1. The Hall–Kier alpha value is -0.940. The number of hydrogen-bond donors (Lipinski definition) is 0. The monoisotopic (exact) mass is 364 g/mol. The molecule has 0 bridgehead atoms. The van der Waals surface area contributed by atoms with Crippen molar-refractivity contribution in [1.29, 1.82) is 0 Å². The molecule has 1 aromatic rings. The fourth-order valence-corrected chi connectivity index (χ4v) is 2.27. The second kappa shape index (κ2) is 9.08. The fourth-order valence-electron chi connectivity index (χ4n) is 1.59. The van der Waals surface area contributed by atoms with Crippen molar-refractivity contribution in [3.8, 4) is 11.5 Å². The molecule has 112 valence electrons. The number of esters is 1. The molecule has 0 aliphatic carbocycles. The van der Waals surface area contributed by atoms with Gasteiger partial charge in [0, 0.05) is 16.4 Å². The summed E-state index contributed by atoms with van der Waals surface area (Å²) in [6.07, 6.45) is 0.789. The Bertz CT molecular complexity index is 451. The van der Waals surface area contributed by atoms with Crippen LogP contribution in [-0.4, -0.2) is 31.1 Å². The van der Waals surface area contributed by atoms with Crippen molar-refractivity contribution in [2.24, 2.45) is 0 Å². The van der Waals surface area contributed by atoms with Gasteiger partial charge in [-0.05, 0) is 31.9 Å². The van der Waals surface area contributed by atoms with Crippen molar-refractivity contribution in [3.05, 3.63) is 22.7 Å². The molecule has 0 saturated carbocycles. The lowest BCUT2D eigenvalue weighted by Gasteiger charge is -2.14. The highest BCUT2D eigenvalue weighted by Crippen LogP contribution is 2.34. The summed E-state index contributed by atoms with van der Waals surface area (Å²) < 4.78 is 15.8. The van der Waals surface area contributed by atoms with E-state index >= 15 is 0 Å². The molecule has 0 heterocycles. The summed E-state index contributed by atoms with van der Waals surface area (Å²) in [6.45, 7) is 4.29. The Morgan fingerprint density at radius 1 is 1.20 bits per heavy atom. The Morgan fingerprint density at radius 2 is 1.90 bits per heavy atom. The normalized spacial score (nSPS) is 10.2. The summed E-state index contributed by atoms with van der Waals surface area (Å²) in [4.78, 5) is 11.3. The summed E-state index contributed by atoms with van der Waals surface area (Å²) in [5.74, 6) is 0.607. The minimum Gasteiger partial charge on any atom is -0.490 e. The molecule has 6 heteroatoms. The second-order valence-electron chi connectivity index (χ2n) is 3.86. The number of ether oxygens (including phenoxy) is 3. The van der Waals surface area contributed by atoms with Crippen LogP contribution in [0.15, 0.2) is 12.1 Å². The molecule has 4 nitrogen and oxygen atoms in total. The van der Waals surface area contributed by atoms with Gasteiger partial charge in [0.15, 0.2) is 18.1 Å². The van der Waals surface area contributed by atoms with Gasteiger partial charge in [-0.2, -0.15) is 0 Å². The van der Waals surface area contributed by atoms with Crippen LogP contribution in [0.5, 0.6) is 11.5 Å². The predicted octanol–water partition coefficient (Wildman–Crippen LogP) is 3.62. The van der Waals surface area contributed by atoms with Gasteiger partial charge < -0.3 is 14.2 Å². The van der Waals surface area contributed by atoms with Crippen molar-refractivity contribution >= 4 is 33.5 Å². The van der Waals surface area contributed by atoms with Gasteiger partial charge in [0.05, 0.1) is 13.2 Å². The summed E-state index contributed by atoms with van der Waals surface area (Å²) >= 11 is 9.56. The van der Waals surface area contributed by atoms with E-state index in [1.165, 1.54) is 0 Å². The van der Waals surface area contributed by atoms with E-state index in [1.807, 2.05) is 13.0 Å². The number of benzene rings is 1. The third-order valence-electron chi connectivity index (χ3n) is 2.43. The number of hydrogen-bond acceptors (Lipinski definition) is 4. The summed E-state index contributed by atoms with van der Waals surface area (Å²) in [6, 6.07) is 3.51. The van der Waals surface area contributed by atoms with Gasteiger partial charge in [-0.25, -0.2) is 4.79 Å². The molecule has 1 aromatic carbocycles. The Labute approximate surface area is 132 Å². The molecule has 0 spiro atoms. The van der Waals surface area contributed by atoms with Crippen LogP contribution in [0, 0.1) is 0 Å². The van der Waals surface area contributed by atoms with Crippen LogP contribution >= 0.6 is 27.5 Å². The van der Waals surface area contributed by atoms with Crippen LogP contribution in [0.2, 0.25) is 5.02 Å². The highest BCUT2D eigenvalue weighted by atomic mass is 79.9. The molecule has 0 saturated heterocycles. The lowest BCUT2D eigenvalue weighted by atomic mass is 10.1. The first kappa shape index (κ1) is 17.1. The van der Waals surface area contributed by atoms with Crippen LogP contribution in [-0.2, 0) is 16.0 Å². The molecule has 0 atom stereocenters. The topological polar surface area (TPSA) is 44.8 Å². The molecule has 0 N–H and O–H groups in total. The maximum absolute atomic E-state index is 11.3. The molecule has 0 unspecified atom stereocenters. The Morgan fingerprint density at radius 3 is 2.50 bits per heavy atom. The molecule has 0 aliphatic rings. The average molecular weight is 366 g/mol. The van der Waals surface area contributed by atoms with E-state index in [0.29, 0.717) is 29.7 Å². The van der Waals surface area contributed by atoms with Crippen molar-refractivity contribution in [2.45, 2.75) is 20.3 Å². The van der Waals surface area contributed by atoms with E-state index in [1.54, 1.807) is 13.0 Å². The van der Waals surface area contributed by atoms with Crippen LogP contribution in [0.1, 0.15) is 19.4 Å². The van der Waals surface area contributed by atoms with Gasteiger partial charge in [0.2, 0.25) is 0 Å². The largest absolute Gasteiger partial charge is 0.490 e. The fraction of sp³-hybridized carbons (Fsp3) is 0.500. The zero-order valence-corrected chi connectivity index (χ0v) is 13.9. The quantitative estimate of drug-likeness (QED) is 0.521. The van der Waals surface area contributed by atoms with Crippen LogP contribution < -0.4 is 9.47 Å². The second-order valence-corrected chi connectivity index (χ2v) is 5.06. The Kier molecular flexibility index (Phi) is 7.77. The molecular formula is C14H18BrClO4. The highest BCUT2D eigenvalue weighted by molar-refractivity contribution is 9.09. The van der Waals surface area contributed by atoms with E-state index in [4.69, 9.17) is 25.8 Å². The Balaban J connectivity index is 2.87. The van der Waals surface area contributed by atoms with E-state index in [2.05, 4.69) is 15.9 Å². The van der Waals surface area contributed by atoms with E-state index < -0.39 is 5.97 Å². The van der Waals surface area contributed by atoms with Gasteiger partial charge in [0.25, 0.3) is 0 Å². The molecule has 0 amide bonds. The van der Waals surface area contributed by atoms with Crippen molar-refractivity contribution < 1.29 is 19.0 Å². The standard InChI is InChI=1S/C14H18BrClO4/c1-3-18-12-7-10(5-6-15)11(16)8-13(12)20-9-14(17)19-4-2/h7-8H,3-6,9H2,1-2H3. The third-order valence-corrected chi connectivity index (χ3v) is 3.18. The molecule has 0 aromatic heterocycles. The van der Waals surface area contributed by atoms with Gasteiger partial charge in [0.1, 0.15) is 0 Å². The minimum absolute atomic E-state index is 0.165. The maximum Gasteiger partial charge on any atom is 0.344 e. The molecule has 0 aliphatic heterocycles. The van der Waals surface area contributed by atoms with Crippen LogP contribution in [0.3, 0.4) is 0 Å². The van der Waals surface area contributed by atoms with E-state index in [0.717, 1.165) is 17.3 Å². The molecule has 1 rings (SSSR count). The summed E-state index contributed by atoms with van der Waals surface area (Å²) in [7, 11) is 0. The number of rotatable bonds is 8. The molecule has 20 heavy (non-hydrogen) atoms. The highest BCUT2D eigenvalue weighted by Gasteiger charge is 2.12. The smallest absolute Gasteiger partial charge is 0.344 e. The lowest BCUT2D eigenvalue weighted by Crippen LogP contribution is -2.15. The maximum atomic E-state index is 11.3. The first-order valence-corrected chi connectivity index (χ1v) is 7.91. The van der Waals surface area contributed by atoms with E-state index in [-0.39, 0.29) is 6.61 Å². The predicted molar refractivity (Wildman–Crippen MR) is 82.2 cm³/mol. The van der Waals surface area contributed by atoms with Gasteiger partial charge >= 0.3 is 5.97 Å². The SMILES string of the molecule is CCOC(=O)COc1cc(Cl)c(CCBr)cc1OCC. The van der Waals surface area contributed by atoms with Gasteiger partial charge in [-0.15, -0.1) is 0 Å². The van der Waals surface area contributed by atoms with Crippen molar-refractivity contribution in [2.75, 3.05) is 25.2 Å². The lowest BCUT2D eigenvalue weighted by molar-refractivity contribution is -0.145. The number of alkyl halides is 1. The molecule has 0 radical (unpaired) electrons. The van der Waals surface area contributed by atoms with E-state index in [9.17, 15) is 4.79 Å². The molecular weight excluding hydrogens is 348 g/mol. The third kappa shape index (κ3) is 5.21. The summed E-state index contributed by atoms with van der Waals surface area (Å²) in [5.41, 5.74) is 0.968. The van der Waals surface area contributed by atoms with Crippen LogP contribution in [0.25, 0.3) is 0 Å². The summed E-state index contributed by atoms with van der Waals surface area (Å²) in [5, 5.41) is 1.40. The van der Waals surface area contributed by atoms with Gasteiger partial charge in [-0.1, -0.05) is 27.5 Å².